The van der Waals surface area contributed by atoms with Crippen LogP contribution in [0.1, 0.15) is 11.3 Å². The molecule has 3 rings (SSSR count). The summed E-state index contributed by atoms with van der Waals surface area (Å²) >= 11 is 11.9. The van der Waals surface area contributed by atoms with E-state index in [1.54, 1.807) is 18.2 Å². The molecule has 112 valence electrons. The van der Waals surface area contributed by atoms with Crippen LogP contribution in [0.15, 0.2) is 65.1 Å². The van der Waals surface area contributed by atoms with Crippen LogP contribution >= 0.6 is 23.2 Å². The van der Waals surface area contributed by atoms with Gasteiger partial charge in [0, 0.05) is 15.6 Å². The van der Waals surface area contributed by atoms with Crippen molar-refractivity contribution in [2.24, 2.45) is 0 Å². The molecule has 0 aliphatic heterocycles. The Morgan fingerprint density at radius 2 is 1.74 bits per heavy atom. The molecule has 0 N–H and O–H groups in total. The maximum Gasteiger partial charge on any atom is 0.134 e. The third-order valence-corrected chi connectivity index (χ3v) is 3.79. The van der Waals surface area contributed by atoms with Crippen molar-refractivity contribution in [1.29, 1.82) is 5.26 Å². The number of nitrogens with zero attached hydrogens (tertiary/aromatic N) is 1. The quantitative estimate of drug-likeness (QED) is 0.523. The lowest BCUT2D eigenvalue weighted by molar-refractivity contribution is 0.572. The second-order valence-electron chi connectivity index (χ2n) is 4.89. The van der Waals surface area contributed by atoms with Gasteiger partial charge in [-0.2, -0.15) is 5.26 Å². The summed E-state index contributed by atoms with van der Waals surface area (Å²) in [6.07, 6.45) is 1.70. The van der Waals surface area contributed by atoms with Gasteiger partial charge in [0.2, 0.25) is 0 Å². The molecule has 0 radical (unpaired) electrons. The molecule has 0 aliphatic carbocycles. The Morgan fingerprint density at radius 3 is 2.43 bits per heavy atom. The number of benzene rings is 2. The van der Waals surface area contributed by atoms with E-state index in [0.29, 0.717) is 21.4 Å². The van der Waals surface area contributed by atoms with Crippen LogP contribution in [-0.2, 0) is 0 Å². The summed E-state index contributed by atoms with van der Waals surface area (Å²) in [5, 5.41) is 10.6. The summed E-state index contributed by atoms with van der Waals surface area (Å²) in [7, 11) is 0. The highest BCUT2D eigenvalue weighted by Crippen LogP contribution is 2.26. The van der Waals surface area contributed by atoms with E-state index < -0.39 is 0 Å². The third-order valence-electron chi connectivity index (χ3n) is 3.30. The van der Waals surface area contributed by atoms with Crippen molar-refractivity contribution in [3.05, 3.63) is 82.0 Å². The van der Waals surface area contributed by atoms with Crippen LogP contribution in [0.2, 0.25) is 10.0 Å². The zero-order chi connectivity index (χ0) is 16.2. The van der Waals surface area contributed by atoms with Gasteiger partial charge in [-0.25, -0.2) is 0 Å². The van der Waals surface area contributed by atoms with E-state index in [1.807, 2.05) is 48.5 Å². The normalized spacial score (nSPS) is 11.3. The molecular formula is C19H11Cl2NO. The van der Waals surface area contributed by atoms with Gasteiger partial charge in [-0.3, -0.25) is 0 Å². The lowest BCUT2D eigenvalue weighted by Gasteiger charge is -1.99. The minimum Gasteiger partial charge on any atom is -0.457 e. The topological polar surface area (TPSA) is 36.9 Å². The number of allylic oxidation sites excluding steroid dienone is 1. The van der Waals surface area contributed by atoms with E-state index in [9.17, 15) is 5.26 Å². The molecule has 0 atom stereocenters. The van der Waals surface area contributed by atoms with Crippen LogP contribution in [0.3, 0.4) is 0 Å². The van der Waals surface area contributed by atoms with Gasteiger partial charge >= 0.3 is 0 Å². The fraction of sp³-hybridized carbons (Fsp3) is 0. The van der Waals surface area contributed by atoms with E-state index in [4.69, 9.17) is 27.6 Å². The fourth-order valence-corrected chi connectivity index (χ4v) is 2.49. The highest BCUT2D eigenvalue weighted by atomic mass is 35.5. The van der Waals surface area contributed by atoms with Crippen LogP contribution in [0.25, 0.3) is 23.0 Å². The Balaban J connectivity index is 1.93. The van der Waals surface area contributed by atoms with Gasteiger partial charge < -0.3 is 4.42 Å². The maximum absolute atomic E-state index is 9.37. The van der Waals surface area contributed by atoms with Gasteiger partial charge in [0.25, 0.3) is 0 Å². The van der Waals surface area contributed by atoms with Gasteiger partial charge in [-0.1, -0.05) is 35.3 Å². The Kier molecular flexibility index (Phi) is 4.52. The maximum atomic E-state index is 9.37. The largest absolute Gasteiger partial charge is 0.457 e. The fourth-order valence-electron chi connectivity index (χ4n) is 2.18. The number of hydrogen-bond acceptors (Lipinski definition) is 2. The summed E-state index contributed by atoms with van der Waals surface area (Å²) in [6.45, 7) is 0. The first-order valence-electron chi connectivity index (χ1n) is 6.89. The predicted molar refractivity (Wildman–Crippen MR) is 94.1 cm³/mol. The summed E-state index contributed by atoms with van der Waals surface area (Å²) in [5.74, 6) is 1.32. The van der Waals surface area contributed by atoms with Crippen LogP contribution in [-0.4, -0.2) is 0 Å². The molecule has 0 saturated heterocycles. The first kappa shape index (κ1) is 15.4. The molecule has 4 heteroatoms. The monoisotopic (exact) mass is 339 g/mol. The molecule has 0 fully saturated rings. The first-order valence-corrected chi connectivity index (χ1v) is 7.65. The van der Waals surface area contributed by atoms with Gasteiger partial charge in [-0.15, -0.1) is 0 Å². The van der Waals surface area contributed by atoms with Crippen LogP contribution < -0.4 is 0 Å². The summed E-state index contributed by atoms with van der Waals surface area (Å²) in [5.41, 5.74) is 2.17. The van der Waals surface area contributed by atoms with Gasteiger partial charge in [0.05, 0.1) is 11.6 Å². The molecule has 0 unspecified atom stereocenters. The standard InChI is InChI=1S/C19H11Cl2NO/c20-16-6-4-13(5-7-16)19-9-8-18(23-19)11-15(12-22)14-2-1-3-17(21)10-14/h1-11H/b15-11+. The number of rotatable bonds is 3. The van der Waals surface area contributed by atoms with Crippen LogP contribution in [0, 0.1) is 11.3 Å². The molecule has 0 amide bonds. The van der Waals surface area contributed by atoms with Crippen molar-refractivity contribution >= 4 is 34.9 Å². The Labute approximate surface area is 144 Å². The third kappa shape index (κ3) is 3.65. The molecule has 1 heterocycles. The van der Waals surface area contributed by atoms with E-state index >= 15 is 0 Å². The first-order chi connectivity index (χ1) is 11.2. The number of halogens is 2. The molecule has 3 aromatic rings. The van der Waals surface area contributed by atoms with Crippen molar-refractivity contribution < 1.29 is 4.42 Å². The van der Waals surface area contributed by atoms with E-state index in [-0.39, 0.29) is 0 Å². The lowest BCUT2D eigenvalue weighted by atomic mass is 10.1. The van der Waals surface area contributed by atoms with Crippen LogP contribution in [0.4, 0.5) is 0 Å². The molecule has 2 aromatic carbocycles. The van der Waals surface area contributed by atoms with E-state index in [0.717, 1.165) is 16.9 Å². The van der Waals surface area contributed by atoms with Crippen molar-refractivity contribution in [2.45, 2.75) is 0 Å². The SMILES string of the molecule is N#C/C(=C\c1ccc(-c2ccc(Cl)cc2)o1)c1cccc(Cl)c1. The molecule has 23 heavy (non-hydrogen) atoms. The van der Waals surface area contributed by atoms with Crippen molar-refractivity contribution in [2.75, 3.05) is 0 Å². The Hall–Kier alpha value is -2.47. The smallest absolute Gasteiger partial charge is 0.134 e. The molecule has 0 saturated carbocycles. The molecule has 0 spiro atoms. The van der Waals surface area contributed by atoms with Gasteiger partial charge in [0.15, 0.2) is 0 Å². The zero-order valence-corrected chi connectivity index (χ0v) is 13.5. The Bertz CT molecular complexity index is 902. The minimum absolute atomic E-state index is 0.490. The molecule has 0 bridgehead atoms. The van der Waals surface area contributed by atoms with Crippen LogP contribution in [0.5, 0.6) is 0 Å². The molecule has 1 aromatic heterocycles. The highest BCUT2D eigenvalue weighted by Gasteiger charge is 2.06. The van der Waals surface area contributed by atoms with Gasteiger partial charge in [-0.05, 0) is 60.2 Å². The molecule has 0 aliphatic rings. The average Bonchev–Trinajstić information content (AvgIpc) is 3.02. The zero-order valence-electron chi connectivity index (χ0n) is 12.0. The molecule has 2 nitrogen and oxygen atoms in total. The number of hydrogen-bond donors (Lipinski definition) is 0. The molecular weight excluding hydrogens is 329 g/mol. The summed E-state index contributed by atoms with van der Waals surface area (Å²) in [4.78, 5) is 0. The second-order valence-corrected chi connectivity index (χ2v) is 5.76. The van der Waals surface area contributed by atoms with Crippen molar-refractivity contribution in [3.8, 4) is 17.4 Å². The predicted octanol–water partition coefficient (Wildman–Crippen LogP) is 6.32. The van der Waals surface area contributed by atoms with Crippen molar-refractivity contribution in [1.82, 2.24) is 0 Å². The Morgan fingerprint density at radius 1 is 0.957 bits per heavy atom. The van der Waals surface area contributed by atoms with Gasteiger partial charge in [0.1, 0.15) is 11.5 Å². The van der Waals surface area contributed by atoms with E-state index in [2.05, 4.69) is 6.07 Å². The van der Waals surface area contributed by atoms with E-state index in [1.165, 1.54) is 0 Å². The average molecular weight is 340 g/mol. The van der Waals surface area contributed by atoms with Crippen molar-refractivity contribution in [3.63, 3.8) is 0 Å². The second kappa shape index (κ2) is 6.75. The number of nitriles is 1. The summed E-state index contributed by atoms with van der Waals surface area (Å²) < 4.78 is 5.79. The minimum atomic E-state index is 0.490. The summed E-state index contributed by atoms with van der Waals surface area (Å²) in [6, 6.07) is 20.4. The lowest BCUT2D eigenvalue weighted by Crippen LogP contribution is -1.81. The highest BCUT2D eigenvalue weighted by molar-refractivity contribution is 6.31. The number of furan rings is 1.